The molecule has 27 heavy (non-hydrogen) atoms. The lowest BCUT2D eigenvalue weighted by Crippen LogP contribution is -2.57. The van der Waals surface area contributed by atoms with E-state index in [9.17, 15) is 9.59 Å². The summed E-state index contributed by atoms with van der Waals surface area (Å²) in [5.41, 5.74) is 0.752. The third kappa shape index (κ3) is 3.72. The molecular weight excluding hydrogens is 348 g/mol. The number of carbonyl (C=O) groups excluding carboxylic acids is 2. The number of hydrogen-bond donors (Lipinski definition) is 1. The summed E-state index contributed by atoms with van der Waals surface area (Å²) in [6.07, 6.45) is 7.55. The number of ether oxygens (including phenoxy) is 1. The second kappa shape index (κ2) is 7.67. The van der Waals surface area contributed by atoms with Crippen molar-refractivity contribution in [2.24, 2.45) is 0 Å². The minimum atomic E-state index is -0.755. The van der Waals surface area contributed by atoms with Gasteiger partial charge in [0.1, 0.15) is 12.4 Å². The van der Waals surface area contributed by atoms with Crippen molar-refractivity contribution in [3.8, 4) is 0 Å². The molecule has 0 bridgehead atoms. The van der Waals surface area contributed by atoms with Crippen molar-refractivity contribution >= 4 is 17.6 Å². The van der Waals surface area contributed by atoms with Crippen LogP contribution in [-0.4, -0.2) is 70.6 Å². The second-order valence-electron chi connectivity index (χ2n) is 6.44. The molecule has 0 aliphatic carbocycles. The second-order valence-corrected chi connectivity index (χ2v) is 6.44. The van der Waals surface area contributed by atoms with E-state index in [2.05, 4.69) is 25.2 Å². The van der Waals surface area contributed by atoms with Crippen molar-refractivity contribution in [2.75, 3.05) is 37.7 Å². The predicted molar refractivity (Wildman–Crippen MR) is 95.7 cm³/mol. The van der Waals surface area contributed by atoms with Gasteiger partial charge in [0.05, 0.1) is 12.2 Å². The highest BCUT2D eigenvalue weighted by Gasteiger charge is 2.39. The first kappa shape index (κ1) is 17.3. The van der Waals surface area contributed by atoms with Crippen LogP contribution in [0.15, 0.2) is 43.1 Å². The molecule has 0 aromatic carbocycles. The molecule has 4 heterocycles. The Bertz CT molecular complexity index is 795. The number of pyridine rings is 1. The molecule has 2 amide bonds. The molecule has 1 N–H and O–H groups in total. The number of nitrogens with one attached hydrogen (secondary N) is 1. The predicted octanol–water partition coefficient (Wildman–Crippen LogP) is -0.223. The summed E-state index contributed by atoms with van der Waals surface area (Å²) in [4.78, 5) is 41.2. The van der Waals surface area contributed by atoms with Crippen molar-refractivity contribution < 1.29 is 14.3 Å². The monoisotopic (exact) mass is 368 g/mol. The lowest BCUT2D eigenvalue weighted by molar-refractivity contribution is -0.155. The Hall–Kier alpha value is -3.07. The van der Waals surface area contributed by atoms with E-state index < -0.39 is 12.1 Å². The van der Waals surface area contributed by atoms with E-state index in [1.165, 1.54) is 0 Å². The van der Waals surface area contributed by atoms with Gasteiger partial charge in [-0.15, -0.1) is 0 Å². The Morgan fingerprint density at radius 2 is 1.93 bits per heavy atom. The van der Waals surface area contributed by atoms with Crippen LogP contribution in [0.1, 0.15) is 11.6 Å². The van der Waals surface area contributed by atoms with E-state index in [0.29, 0.717) is 26.2 Å². The lowest BCUT2D eigenvalue weighted by Gasteiger charge is -2.39. The third-order valence-electron chi connectivity index (χ3n) is 4.77. The molecule has 2 fully saturated rings. The van der Waals surface area contributed by atoms with Crippen molar-refractivity contribution in [3.05, 3.63) is 48.7 Å². The van der Waals surface area contributed by atoms with Gasteiger partial charge < -0.3 is 19.9 Å². The van der Waals surface area contributed by atoms with Crippen LogP contribution in [0.3, 0.4) is 0 Å². The summed E-state index contributed by atoms with van der Waals surface area (Å²) in [5.74, 6) is 0.446. The number of nitrogens with zero attached hydrogens (tertiary/aromatic N) is 5. The maximum absolute atomic E-state index is 13.1. The topological polar surface area (TPSA) is 101 Å². The summed E-state index contributed by atoms with van der Waals surface area (Å²) in [5, 5.41) is 2.86. The molecular formula is C18H20N6O3. The minimum Gasteiger partial charge on any atom is -0.356 e. The zero-order valence-corrected chi connectivity index (χ0v) is 14.7. The molecule has 2 atom stereocenters. The number of hydrogen-bond acceptors (Lipinski definition) is 7. The molecule has 0 saturated carbocycles. The van der Waals surface area contributed by atoms with Gasteiger partial charge in [0.15, 0.2) is 6.10 Å². The summed E-state index contributed by atoms with van der Waals surface area (Å²) in [6, 6.07) is 3.07. The minimum absolute atomic E-state index is 0.118. The summed E-state index contributed by atoms with van der Waals surface area (Å²) in [6.45, 7) is 2.33. The number of aromatic nitrogens is 3. The van der Waals surface area contributed by atoms with Gasteiger partial charge in [-0.05, 0) is 11.6 Å². The van der Waals surface area contributed by atoms with Crippen LogP contribution in [-0.2, 0) is 14.3 Å². The van der Waals surface area contributed by atoms with Gasteiger partial charge in [-0.1, -0.05) is 6.07 Å². The largest absolute Gasteiger partial charge is 0.356 e. The Morgan fingerprint density at radius 3 is 2.63 bits per heavy atom. The van der Waals surface area contributed by atoms with Crippen LogP contribution < -0.4 is 10.2 Å². The first-order chi connectivity index (χ1) is 13.2. The third-order valence-corrected chi connectivity index (χ3v) is 4.77. The maximum Gasteiger partial charge on any atom is 0.254 e. The van der Waals surface area contributed by atoms with E-state index >= 15 is 0 Å². The van der Waals surface area contributed by atoms with Gasteiger partial charge in [-0.2, -0.15) is 0 Å². The zero-order chi connectivity index (χ0) is 18.6. The molecule has 2 saturated heterocycles. The molecule has 9 nitrogen and oxygen atoms in total. The SMILES string of the molecule is O=C1CO[C@H](C(=O)N2CCN(c3cnccn3)CC2)[C@@H](c2cccnc2)N1. The van der Waals surface area contributed by atoms with Crippen LogP contribution >= 0.6 is 0 Å². The average molecular weight is 368 g/mol. The molecule has 2 aliphatic heterocycles. The molecule has 140 valence electrons. The number of morpholine rings is 1. The molecule has 0 radical (unpaired) electrons. The van der Waals surface area contributed by atoms with Gasteiger partial charge in [0.25, 0.3) is 5.91 Å². The number of piperazine rings is 1. The fourth-order valence-corrected chi connectivity index (χ4v) is 3.37. The first-order valence-corrected chi connectivity index (χ1v) is 8.83. The number of rotatable bonds is 3. The fraction of sp³-hybridized carbons (Fsp3) is 0.389. The van der Waals surface area contributed by atoms with E-state index in [0.717, 1.165) is 11.4 Å². The lowest BCUT2D eigenvalue weighted by atomic mass is 10.00. The summed E-state index contributed by atoms with van der Waals surface area (Å²) >= 11 is 0. The molecule has 9 heteroatoms. The molecule has 0 unspecified atom stereocenters. The van der Waals surface area contributed by atoms with E-state index in [1.807, 2.05) is 6.07 Å². The molecule has 0 spiro atoms. The average Bonchev–Trinajstić information content (AvgIpc) is 2.74. The smallest absolute Gasteiger partial charge is 0.254 e. The fourth-order valence-electron chi connectivity index (χ4n) is 3.37. The highest BCUT2D eigenvalue weighted by molar-refractivity contribution is 5.86. The normalized spacial score (nSPS) is 23.0. The van der Waals surface area contributed by atoms with Crippen LogP contribution in [0.5, 0.6) is 0 Å². The highest BCUT2D eigenvalue weighted by Crippen LogP contribution is 2.24. The highest BCUT2D eigenvalue weighted by atomic mass is 16.5. The zero-order valence-electron chi connectivity index (χ0n) is 14.7. The van der Waals surface area contributed by atoms with Crippen molar-refractivity contribution in [2.45, 2.75) is 12.1 Å². The van der Waals surface area contributed by atoms with Crippen LogP contribution in [0.2, 0.25) is 0 Å². The van der Waals surface area contributed by atoms with E-state index in [1.54, 1.807) is 42.0 Å². The van der Waals surface area contributed by atoms with E-state index in [4.69, 9.17) is 4.74 Å². The summed E-state index contributed by atoms with van der Waals surface area (Å²) in [7, 11) is 0. The van der Waals surface area contributed by atoms with Crippen molar-refractivity contribution in [1.82, 2.24) is 25.2 Å². The Morgan fingerprint density at radius 1 is 1.11 bits per heavy atom. The molecule has 4 rings (SSSR count). The van der Waals surface area contributed by atoms with Gasteiger partial charge in [0, 0.05) is 51.0 Å². The van der Waals surface area contributed by atoms with Gasteiger partial charge in [0.2, 0.25) is 5.91 Å². The van der Waals surface area contributed by atoms with E-state index in [-0.39, 0.29) is 18.4 Å². The molecule has 2 aromatic rings. The van der Waals surface area contributed by atoms with Crippen molar-refractivity contribution in [3.63, 3.8) is 0 Å². The standard InChI is InChI=1S/C18H20N6O3/c25-15-12-27-17(16(22-15)13-2-1-3-19-10-13)18(26)24-8-6-23(7-9-24)14-11-20-4-5-21-14/h1-5,10-11,16-17H,6-9,12H2,(H,22,25)/t16-,17+/m1/s1. The number of amides is 2. The number of anilines is 1. The van der Waals surface area contributed by atoms with Crippen molar-refractivity contribution in [1.29, 1.82) is 0 Å². The van der Waals surface area contributed by atoms with Gasteiger partial charge in [-0.3, -0.25) is 19.6 Å². The van der Waals surface area contributed by atoms with Crippen LogP contribution in [0, 0.1) is 0 Å². The molecule has 2 aromatic heterocycles. The Labute approximate surface area is 156 Å². The first-order valence-electron chi connectivity index (χ1n) is 8.83. The van der Waals surface area contributed by atoms with Gasteiger partial charge in [-0.25, -0.2) is 4.98 Å². The Kier molecular flexibility index (Phi) is 4.93. The Balaban J connectivity index is 1.44. The quantitative estimate of drug-likeness (QED) is 0.799. The number of carbonyl (C=O) groups is 2. The van der Waals surface area contributed by atoms with Crippen LogP contribution in [0.4, 0.5) is 5.82 Å². The molecule has 2 aliphatic rings. The maximum atomic E-state index is 13.1. The van der Waals surface area contributed by atoms with Crippen LogP contribution in [0.25, 0.3) is 0 Å². The van der Waals surface area contributed by atoms with Gasteiger partial charge >= 0.3 is 0 Å². The summed E-state index contributed by atoms with van der Waals surface area (Å²) < 4.78 is 5.62.